The largest absolute Gasteiger partial charge is 0.355 e. The average molecular weight is 280 g/mol. The van der Waals surface area contributed by atoms with Crippen LogP contribution in [0.15, 0.2) is 18.2 Å². The molecule has 1 saturated heterocycles. The zero-order valence-electron chi connectivity index (χ0n) is 10.1. The molecule has 0 aromatic heterocycles. The molecular formula is C12H9FN2O5. The minimum atomic E-state index is -1.60. The first-order valence-corrected chi connectivity index (χ1v) is 5.70. The molecule has 7 nitrogen and oxygen atoms in total. The minimum Gasteiger partial charge on any atom is -0.355 e. The summed E-state index contributed by atoms with van der Waals surface area (Å²) in [4.78, 5) is 45.3. The number of carbonyl (C=O) groups excluding carboxylic acids is 3. The predicted molar refractivity (Wildman–Crippen MR) is 63.5 cm³/mol. The zero-order chi connectivity index (χ0) is 14.9. The van der Waals surface area contributed by atoms with E-state index in [1.165, 1.54) is 0 Å². The van der Waals surface area contributed by atoms with Crippen LogP contribution in [0, 0.1) is 21.8 Å². The lowest BCUT2D eigenvalue weighted by Crippen LogP contribution is -2.46. The molecule has 8 heteroatoms. The van der Waals surface area contributed by atoms with Crippen molar-refractivity contribution in [3.8, 4) is 0 Å². The monoisotopic (exact) mass is 280 g/mol. The van der Waals surface area contributed by atoms with Gasteiger partial charge < -0.3 is 5.32 Å². The van der Waals surface area contributed by atoms with E-state index in [-0.39, 0.29) is 13.0 Å². The van der Waals surface area contributed by atoms with Gasteiger partial charge in [-0.3, -0.25) is 24.5 Å². The second-order valence-electron chi connectivity index (χ2n) is 4.22. The first-order chi connectivity index (χ1) is 9.41. The van der Waals surface area contributed by atoms with Gasteiger partial charge in [0, 0.05) is 13.0 Å². The minimum absolute atomic E-state index is 0.0167. The van der Waals surface area contributed by atoms with Crippen molar-refractivity contribution in [1.82, 2.24) is 5.32 Å². The number of rotatable bonds is 3. The van der Waals surface area contributed by atoms with Gasteiger partial charge in [0.05, 0.1) is 16.6 Å². The number of Topliss-reactive ketones (excluding diaryl/α,β-unsaturated/α-hetero) is 2. The number of piperidine rings is 1. The van der Waals surface area contributed by atoms with Crippen molar-refractivity contribution >= 4 is 23.2 Å². The summed E-state index contributed by atoms with van der Waals surface area (Å²) in [7, 11) is 0. The first-order valence-electron chi connectivity index (χ1n) is 5.70. The molecule has 1 fully saturated rings. The number of nitro benzene ring substituents is 1. The fourth-order valence-electron chi connectivity index (χ4n) is 1.99. The van der Waals surface area contributed by atoms with Crippen molar-refractivity contribution in [2.24, 2.45) is 5.92 Å². The number of halogens is 1. The van der Waals surface area contributed by atoms with E-state index in [0.717, 1.165) is 12.1 Å². The molecule has 1 atom stereocenters. The van der Waals surface area contributed by atoms with Crippen LogP contribution in [0.3, 0.4) is 0 Å². The Morgan fingerprint density at radius 1 is 1.40 bits per heavy atom. The van der Waals surface area contributed by atoms with Gasteiger partial charge in [-0.25, -0.2) is 4.39 Å². The SMILES string of the molecule is O=C1CCNC(=O)C1C(=O)c1ccc(F)cc1[N+](=O)[O-]. The highest BCUT2D eigenvalue weighted by Crippen LogP contribution is 2.24. The molecule has 1 N–H and O–H groups in total. The smallest absolute Gasteiger partial charge is 0.283 e. The third-order valence-electron chi connectivity index (χ3n) is 2.94. The van der Waals surface area contributed by atoms with Crippen LogP contribution >= 0.6 is 0 Å². The van der Waals surface area contributed by atoms with Crippen LogP contribution in [0.25, 0.3) is 0 Å². The van der Waals surface area contributed by atoms with Gasteiger partial charge >= 0.3 is 0 Å². The number of carbonyl (C=O) groups is 3. The Kier molecular flexibility index (Phi) is 3.55. The van der Waals surface area contributed by atoms with Gasteiger partial charge in [-0.05, 0) is 12.1 Å². The van der Waals surface area contributed by atoms with Crippen molar-refractivity contribution in [2.45, 2.75) is 6.42 Å². The lowest BCUT2D eigenvalue weighted by atomic mass is 9.88. The third kappa shape index (κ3) is 2.40. The van der Waals surface area contributed by atoms with E-state index in [4.69, 9.17) is 0 Å². The Morgan fingerprint density at radius 3 is 2.70 bits per heavy atom. The van der Waals surface area contributed by atoms with Crippen LogP contribution in [-0.4, -0.2) is 28.9 Å². The molecule has 1 heterocycles. The van der Waals surface area contributed by atoms with Gasteiger partial charge in [-0.1, -0.05) is 0 Å². The highest BCUT2D eigenvalue weighted by molar-refractivity contribution is 6.25. The van der Waals surface area contributed by atoms with E-state index in [1.54, 1.807) is 0 Å². The number of hydrogen-bond donors (Lipinski definition) is 1. The summed E-state index contributed by atoms with van der Waals surface area (Å²) < 4.78 is 13.0. The molecular weight excluding hydrogens is 271 g/mol. The maximum Gasteiger partial charge on any atom is 0.283 e. The normalized spacial score (nSPS) is 18.6. The van der Waals surface area contributed by atoms with Crippen molar-refractivity contribution in [3.63, 3.8) is 0 Å². The number of nitrogens with zero attached hydrogens (tertiary/aromatic N) is 1. The summed E-state index contributed by atoms with van der Waals surface area (Å²) in [5.74, 6) is -4.86. The molecule has 1 unspecified atom stereocenters. The van der Waals surface area contributed by atoms with E-state index < -0.39 is 45.4 Å². The van der Waals surface area contributed by atoms with E-state index in [9.17, 15) is 28.9 Å². The first kappa shape index (κ1) is 13.8. The lowest BCUT2D eigenvalue weighted by Gasteiger charge is -2.19. The summed E-state index contributed by atoms with van der Waals surface area (Å²) in [6.45, 7) is 0.132. The van der Waals surface area contributed by atoms with Crippen LogP contribution in [0.5, 0.6) is 0 Å². The predicted octanol–water partition coefficient (Wildman–Crippen LogP) is 0.622. The zero-order valence-corrected chi connectivity index (χ0v) is 10.1. The van der Waals surface area contributed by atoms with E-state index in [2.05, 4.69) is 5.32 Å². The standard InChI is InChI=1S/C12H9FN2O5/c13-6-1-2-7(8(5-6)15(19)20)11(17)10-9(16)3-4-14-12(10)18/h1-2,5,10H,3-4H2,(H,14,18). The van der Waals surface area contributed by atoms with Crippen molar-refractivity contribution in [2.75, 3.05) is 6.54 Å². The lowest BCUT2D eigenvalue weighted by molar-refractivity contribution is -0.385. The molecule has 1 amide bonds. The van der Waals surface area contributed by atoms with E-state index in [0.29, 0.717) is 6.07 Å². The van der Waals surface area contributed by atoms with Gasteiger partial charge in [0.2, 0.25) is 5.91 Å². The van der Waals surface area contributed by atoms with Crippen molar-refractivity contribution < 1.29 is 23.7 Å². The Morgan fingerprint density at radius 2 is 2.10 bits per heavy atom. The van der Waals surface area contributed by atoms with Crippen molar-refractivity contribution in [3.05, 3.63) is 39.7 Å². The molecule has 1 aliphatic heterocycles. The van der Waals surface area contributed by atoms with Crippen LogP contribution in [-0.2, 0) is 9.59 Å². The molecule has 1 aliphatic rings. The fourth-order valence-corrected chi connectivity index (χ4v) is 1.99. The number of benzene rings is 1. The second-order valence-corrected chi connectivity index (χ2v) is 4.22. The molecule has 0 spiro atoms. The van der Waals surface area contributed by atoms with Gasteiger partial charge in [0.1, 0.15) is 5.82 Å². The maximum atomic E-state index is 13.0. The van der Waals surface area contributed by atoms with Gasteiger partial charge in [0.25, 0.3) is 5.69 Å². The Labute approximate surface area is 111 Å². The molecule has 2 rings (SSSR count). The summed E-state index contributed by atoms with van der Waals surface area (Å²) in [6, 6.07) is 2.36. The molecule has 0 saturated carbocycles. The molecule has 0 bridgehead atoms. The number of nitro groups is 1. The third-order valence-corrected chi connectivity index (χ3v) is 2.94. The highest BCUT2D eigenvalue weighted by atomic mass is 19.1. The van der Waals surface area contributed by atoms with E-state index >= 15 is 0 Å². The van der Waals surface area contributed by atoms with Crippen LogP contribution in [0.4, 0.5) is 10.1 Å². The Balaban J connectivity index is 2.45. The van der Waals surface area contributed by atoms with Gasteiger partial charge in [0.15, 0.2) is 17.5 Å². The fraction of sp³-hybridized carbons (Fsp3) is 0.250. The number of ketones is 2. The van der Waals surface area contributed by atoms with Crippen molar-refractivity contribution in [1.29, 1.82) is 0 Å². The molecule has 1 aromatic rings. The van der Waals surface area contributed by atoms with E-state index in [1.807, 2.05) is 0 Å². The number of hydrogen-bond acceptors (Lipinski definition) is 5. The van der Waals surface area contributed by atoms with Gasteiger partial charge in [-0.2, -0.15) is 0 Å². The highest BCUT2D eigenvalue weighted by Gasteiger charge is 2.39. The summed E-state index contributed by atoms with van der Waals surface area (Å²) in [6.07, 6.45) is -0.0167. The quantitative estimate of drug-likeness (QED) is 0.378. The topological polar surface area (TPSA) is 106 Å². The Hall–Kier alpha value is -2.64. The number of amides is 1. The maximum absolute atomic E-state index is 13.0. The summed E-state index contributed by atoms with van der Waals surface area (Å²) >= 11 is 0. The molecule has 20 heavy (non-hydrogen) atoms. The Bertz CT molecular complexity index is 612. The molecule has 104 valence electrons. The second kappa shape index (κ2) is 5.16. The number of nitrogens with one attached hydrogen (secondary N) is 1. The molecule has 1 aromatic carbocycles. The summed E-state index contributed by atoms with van der Waals surface area (Å²) in [5, 5.41) is 13.2. The van der Waals surface area contributed by atoms with Gasteiger partial charge in [-0.15, -0.1) is 0 Å². The van der Waals surface area contributed by atoms with Crippen LogP contribution < -0.4 is 5.32 Å². The van der Waals surface area contributed by atoms with Crippen LogP contribution in [0.1, 0.15) is 16.8 Å². The molecule has 0 aliphatic carbocycles. The van der Waals surface area contributed by atoms with Crippen LogP contribution in [0.2, 0.25) is 0 Å². The average Bonchev–Trinajstić information content (AvgIpc) is 2.38. The molecule has 0 radical (unpaired) electrons. The summed E-state index contributed by atoms with van der Waals surface area (Å²) in [5.41, 5.74) is -1.21.